The zero-order valence-corrected chi connectivity index (χ0v) is 13.1. The second-order valence-corrected chi connectivity index (χ2v) is 6.54. The van der Waals surface area contributed by atoms with E-state index in [1.54, 1.807) is 0 Å². The minimum Gasteiger partial charge on any atom is -0.352 e. The summed E-state index contributed by atoms with van der Waals surface area (Å²) in [6.07, 6.45) is 4.46. The third-order valence-electron chi connectivity index (χ3n) is 4.45. The number of nitrogens with two attached hydrogens (primary N) is 1. The lowest BCUT2D eigenvalue weighted by molar-refractivity contribution is -0.124. The normalized spacial score (nSPS) is 25.9. The number of carbonyl (C=O) groups excluding carboxylic acids is 1. The molecule has 1 atom stereocenters. The number of hydrogen-bond acceptors (Lipinski definition) is 3. The summed E-state index contributed by atoms with van der Waals surface area (Å²) >= 11 is 0. The summed E-state index contributed by atoms with van der Waals surface area (Å²) < 4.78 is 0. The summed E-state index contributed by atoms with van der Waals surface area (Å²) in [5, 5.41) is 3.11. The van der Waals surface area contributed by atoms with Crippen molar-refractivity contribution < 1.29 is 4.79 Å². The predicted molar refractivity (Wildman–Crippen MR) is 79.9 cm³/mol. The molecular weight excluding hydrogens is 238 g/mol. The standard InChI is InChI=1S/C15H31N3O/c1-10(2)14(16)15(19)17-12-6-8-13(9-7-12)18(5)11(3)4/h10-14H,6-9,16H2,1-5H3,(H,17,19)/t12?,13?,14-/m0/s1. The Morgan fingerprint density at radius 2 is 1.68 bits per heavy atom. The van der Waals surface area contributed by atoms with Crippen LogP contribution in [-0.4, -0.2) is 42.0 Å². The van der Waals surface area contributed by atoms with Gasteiger partial charge in [0.2, 0.25) is 5.91 Å². The van der Waals surface area contributed by atoms with Crippen LogP contribution in [0.15, 0.2) is 0 Å². The van der Waals surface area contributed by atoms with Crippen molar-refractivity contribution in [2.75, 3.05) is 7.05 Å². The molecule has 0 radical (unpaired) electrons. The highest BCUT2D eigenvalue weighted by atomic mass is 16.2. The molecule has 0 spiro atoms. The summed E-state index contributed by atoms with van der Waals surface area (Å²) in [4.78, 5) is 14.4. The van der Waals surface area contributed by atoms with Gasteiger partial charge in [-0.3, -0.25) is 4.79 Å². The van der Waals surface area contributed by atoms with Gasteiger partial charge >= 0.3 is 0 Å². The molecule has 3 N–H and O–H groups in total. The lowest BCUT2D eigenvalue weighted by Crippen LogP contribution is -2.50. The molecule has 0 aromatic heterocycles. The molecule has 1 fully saturated rings. The van der Waals surface area contributed by atoms with E-state index in [9.17, 15) is 4.79 Å². The fraction of sp³-hybridized carbons (Fsp3) is 0.933. The van der Waals surface area contributed by atoms with E-state index in [2.05, 4.69) is 31.1 Å². The van der Waals surface area contributed by atoms with Crippen molar-refractivity contribution >= 4 is 5.91 Å². The minimum absolute atomic E-state index is 0.00987. The first kappa shape index (κ1) is 16.4. The Morgan fingerprint density at radius 3 is 2.11 bits per heavy atom. The molecule has 112 valence electrons. The van der Waals surface area contributed by atoms with E-state index in [0.29, 0.717) is 18.1 Å². The average Bonchev–Trinajstić information content (AvgIpc) is 2.37. The molecule has 0 heterocycles. The summed E-state index contributed by atoms with van der Waals surface area (Å²) in [5.74, 6) is 0.207. The average molecular weight is 269 g/mol. The van der Waals surface area contributed by atoms with Crippen molar-refractivity contribution in [3.8, 4) is 0 Å². The van der Waals surface area contributed by atoms with Gasteiger partial charge in [0.25, 0.3) is 0 Å². The molecule has 4 heteroatoms. The van der Waals surface area contributed by atoms with Crippen LogP contribution < -0.4 is 11.1 Å². The predicted octanol–water partition coefficient (Wildman–Crippen LogP) is 1.74. The lowest BCUT2D eigenvalue weighted by Gasteiger charge is -2.37. The summed E-state index contributed by atoms with van der Waals surface area (Å²) in [7, 11) is 2.20. The quantitative estimate of drug-likeness (QED) is 0.799. The van der Waals surface area contributed by atoms with Crippen LogP contribution in [0.5, 0.6) is 0 Å². The maximum absolute atomic E-state index is 11.9. The van der Waals surface area contributed by atoms with Gasteiger partial charge in [0.1, 0.15) is 0 Å². The van der Waals surface area contributed by atoms with E-state index >= 15 is 0 Å². The molecule has 0 aromatic rings. The fourth-order valence-corrected chi connectivity index (χ4v) is 2.65. The second-order valence-electron chi connectivity index (χ2n) is 6.54. The number of nitrogens with one attached hydrogen (secondary N) is 1. The molecule has 0 bridgehead atoms. The number of hydrogen-bond donors (Lipinski definition) is 2. The van der Waals surface area contributed by atoms with Gasteiger partial charge in [0.15, 0.2) is 0 Å². The lowest BCUT2D eigenvalue weighted by atomic mass is 9.89. The molecule has 1 rings (SSSR count). The van der Waals surface area contributed by atoms with Gasteiger partial charge in [0, 0.05) is 18.1 Å². The Bertz CT molecular complexity index is 283. The van der Waals surface area contributed by atoms with E-state index in [-0.39, 0.29) is 17.9 Å². The monoisotopic (exact) mass is 269 g/mol. The SMILES string of the molecule is CC(C)[C@H](N)C(=O)NC1CCC(N(C)C(C)C)CC1. The van der Waals surface area contributed by atoms with Gasteiger partial charge in [-0.1, -0.05) is 13.8 Å². The molecule has 1 aliphatic rings. The van der Waals surface area contributed by atoms with Gasteiger partial charge in [-0.2, -0.15) is 0 Å². The summed E-state index contributed by atoms with van der Waals surface area (Å²) in [6, 6.07) is 1.18. The van der Waals surface area contributed by atoms with Crippen molar-refractivity contribution in [2.24, 2.45) is 11.7 Å². The Hall–Kier alpha value is -0.610. The molecule has 19 heavy (non-hydrogen) atoms. The smallest absolute Gasteiger partial charge is 0.237 e. The largest absolute Gasteiger partial charge is 0.352 e. The van der Waals surface area contributed by atoms with E-state index in [1.165, 1.54) is 0 Å². The number of nitrogens with zero attached hydrogens (tertiary/aromatic N) is 1. The van der Waals surface area contributed by atoms with Gasteiger partial charge in [-0.15, -0.1) is 0 Å². The zero-order chi connectivity index (χ0) is 14.6. The van der Waals surface area contributed by atoms with Crippen molar-refractivity contribution in [2.45, 2.75) is 77.5 Å². The van der Waals surface area contributed by atoms with Crippen molar-refractivity contribution in [1.82, 2.24) is 10.2 Å². The van der Waals surface area contributed by atoms with Crippen LogP contribution in [0.2, 0.25) is 0 Å². The second kappa shape index (κ2) is 7.25. The molecule has 4 nitrogen and oxygen atoms in total. The fourth-order valence-electron chi connectivity index (χ4n) is 2.65. The molecule has 1 amide bonds. The maximum Gasteiger partial charge on any atom is 0.237 e. The van der Waals surface area contributed by atoms with E-state index in [0.717, 1.165) is 25.7 Å². The third kappa shape index (κ3) is 4.77. The van der Waals surface area contributed by atoms with Crippen LogP contribution in [0.1, 0.15) is 53.4 Å². The molecule has 0 aromatic carbocycles. The van der Waals surface area contributed by atoms with Crippen molar-refractivity contribution in [1.29, 1.82) is 0 Å². The maximum atomic E-state index is 11.9. The van der Waals surface area contributed by atoms with Crippen LogP contribution in [0.4, 0.5) is 0 Å². The van der Waals surface area contributed by atoms with Crippen molar-refractivity contribution in [3.05, 3.63) is 0 Å². The molecule has 0 saturated heterocycles. The Kier molecular flexibility index (Phi) is 6.27. The van der Waals surface area contributed by atoms with Crippen LogP contribution in [0.25, 0.3) is 0 Å². The molecule has 1 saturated carbocycles. The van der Waals surface area contributed by atoms with Crippen LogP contribution in [-0.2, 0) is 4.79 Å². The van der Waals surface area contributed by atoms with E-state index in [1.807, 2.05) is 13.8 Å². The first-order chi connectivity index (χ1) is 8.82. The highest BCUT2D eigenvalue weighted by Gasteiger charge is 2.27. The molecule has 0 unspecified atom stereocenters. The van der Waals surface area contributed by atoms with Gasteiger partial charge in [0.05, 0.1) is 6.04 Å². The van der Waals surface area contributed by atoms with E-state index in [4.69, 9.17) is 5.73 Å². The van der Waals surface area contributed by atoms with Gasteiger partial charge < -0.3 is 16.0 Å². The van der Waals surface area contributed by atoms with Gasteiger partial charge in [-0.05, 0) is 52.5 Å². The Labute approximate surface area is 118 Å². The molecule has 0 aliphatic heterocycles. The van der Waals surface area contributed by atoms with Crippen molar-refractivity contribution in [3.63, 3.8) is 0 Å². The van der Waals surface area contributed by atoms with Crippen LogP contribution >= 0.6 is 0 Å². The third-order valence-corrected chi connectivity index (χ3v) is 4.45. The van der Waals surface area contributed by atoms with Gasteiger partial charge in [-0.25, -0.2) is 0 Å². The Balaban J connectivity index is 2.36. The first-order valence-corrected chi connectivity index (χ1v) is 7.60. The molecule has 1 aliphatic carbocycles. The molecular formula is C15H31N3O. The topological polar surface area (TPSA) is 58.4 Å². The number of amides is 1. The van der Waals surface area contributed by atoms with E-state index < -0.39 is 0 Å². The number of rotatable bonds is 5. The highest BCUT2D eigenvalue weighted by Crippen LogP contribution is 2.23. The summed E-state index contributed by atoms with van der Waals surface area (Å²) in [6.45, 7) is 8.43. The van der Waals surface area contributed by atoms with Crippen LogP contribution in [0, 0.1) is 5.92 Å². The number of carbonyl (C=O) groups is 1. The first-order valence-electron chi connectivity index (χ1n) is 7.60. The Morgan fingerprint density at radius 1 is 1.16 bits per heavy atom. The zero-order valence-electron chi connectivity index (χ0n) is 13.1. The van der Waals surface area contributed by atoms with Crippen LogP contribution in [0.3, 0.4) is 0 Å². The summed E-state index contributed by atoms with van der Waals surface area (Å²) in [5.41, 5.74) is 5.87. The minimum atomic E-state index is -0.379. The highest BCUT2D eigenvalue weighted by molar-refractivity contribution is 5.82.